The van der Waals surface area contributed by atoms with E-state index in [0.717, 1.165) is 31.0 Å². The number of amides is 1. The van der Waals surface area contributed by atoms with Gasteiger partial charge >= 0.3 is 5.97 Å². The van der Waals surface area contributed by atoms with Gasteiger partial charge in [-0.3, -0.25) is 4.79 Å². The van der Waals surface area contributed by atoms with Gasteiger partial charge in [-0.2, -0.15) is 0 Å². The van der Waals surface area contributed by atoms with Crippen LogP contribution in [0, 0.1) is 5.82 Å². The summed E-state index contributed by atoms with van der Waals surface area (Å²) in [5.74, 6) is -2.17. The Morgan fingerprint density at radius 3 is 2.81 bits per heavy atom. The van der Waals surface area contributed by atoms with Crippen LogP contribution in [0.5, 0.6) is 0 Å². The summed E-state index contributed by atoms with van der Waals surface area (Å²) in [7, 11) is 0. The Kier molecular flexibility index (Phi) is 4.90. The Balaban J connectivity index is 1.90. The molecule has 2 rings (SSSR count). The van der Waals surface area contributed by atoms with Gasteiger partial charge in [0.1, 0.15) is 5.82 Å². The molecule has 6 heteroatoms. The van der Waals surface area contributed by atoms with Crippen LogP contribution in [-0.2, 0) is 9.53 Å². The van der Waals surface area contributed by atoms with Crippen LogP contribution >= 0.6 is 0 Å². The molecule has 0 aromatic heterocycles. The third kappa shape index (κ3) is 4.26. The topological polar surface area (TPSA) is 75.6 Å². The number of carboxylic acid groups (broad SMARTS) is 1. The number of anilines is 1. The van der Waals surface area contributed by atoms with Gasteiger partial charge in [0, 0.05) is 6.42 Å². The van der Waals surface area contributed by atoms with Crippen molar-refractivity contribution in [3.63, 3.8) is 0 Å². The van der Waals surface area contributed by atoms with Crippen molar-refractivity contribution >= 4 is 17.6 Å². The number of hydrogen-bond donors (Lipinski definition) is 2. The maximum Gasteiger partial charge on any atom is 0.335 e. The highest BCUT2D eigenvalue weighted by Gasteiger charge is 2.22. The first-order valence-electron chi connectivity index (χ1n) is 6.94. The summed E-state index contributed by atoms with van der Waals surface area (Å²) in [6.07, 6.45) is 3.01. The summed E-state index contributed by atoms with van der Waals surface area (Å²) in [6.45, 7) is 1.99. The van der Waals surface area contributed by atoms with Crippen molar-refractivity contribution in [1.29, 1.82) is 0 Å². The summed E-state index contributed by atoms with van der Waals surface area (Å²) in [5.41, 5.74) is -0.180. The Morgan fingerprint density at radius 1 is 1.43 bits per heavy atom. The zero-order valence-electron chi connectivity index (χ0n) is 11.8. The van der Waals surface area contributed by atoms with E-state index in [2.05, 4.69) is 5.32 Å². The molecule has 0 saturated carbocycles. The lowest BCUT2D eigenvalue weighted by Crippen LogP contribution is -2.17. The Labute approximate surface area is 122 Å². The molecule has 0 bridgehead atoms. The minimum absolute atomic E-state index is 0.0698. The average Bonchev–Trinajstić information content (AvgIpc) is 2.84. The molecular formula is C15H18FNO4. The SMILES string of the molecule is CC1CCC(CCC(=O)Nc2cc(C(=O)O)ccc2F)O1. The fourth-order valence-corrected chi connectivity index (χ4v) is 2.36. The summed E-state index contributed by atoms with van der Waals surface area (Å²) in [4.78, 5) is 22.6. The van der Waals surface area contributed by atoms with Crippen LogP contribution in [0.25, 0.3) is 0 Å². The summed E-state index contributed by atoms with van der Waals surface area (Å²) in [6, 6.07) is 3.30. The quantitative estimate of drug-likeness (QED) is 0.876. The number of carbonyl (C=O) groups excluding carboxylic acids is 1. The number of rotatable bonds is 5. The average molecular weight is 295 g/mol. The van der Waals surface area contributed by atoms with Crippen LogP contribution < -0.4 is 5.32 Å². The highest BCUT2D eigenvalue weighted by Crippen LogP contribution is 2.23. The smallest absolute Gasteiger partial charge is 0.335 e. The van der Waals surface area contributed by atoms with E-state index in [-0.39, 0.29) is 35.8 Å². The maximum atomic E-state index is 13.6. The molecular weight excluding hydrogens is 277 g/mol. The lowest BCUT2D eigenvalue weighted by atomic mass is 10.1. The first-order chi connectivity index (χ1) is 9.95. The number of aromatic carboxylic acids is 1. The van der Waals surface area contributed by atoms with E-state index in [4.69, 9.17) is 9.84 Å². The largest absolute Gasteiger partial charge is 0.478 e. The van der Waals surface area contributed by atoms with Crippen LogP contribution in [0.4, 0.5) is 10.1 Å². The molecule has 2 N–H and O–H groups in total. The highest BCUT2D eigenvalue weighted by atomic mass is 19.1. The van der Waals surface area contributed by atoms with E-state index >= 15 is 0 Å². The van der Waals surface area contributed by atoms with E-state index in [0.29, 0.717) is 6.42 Å². The third-order valence-corrected chi connectivity index (χ3v) is 3.50. The zero-order chi connectivity index (χ0) is 15.4. The van der Waals surface area contributed by atoms with Gasteiger partial charge in [-0.25, -0.2) is 9.18 Å². The van der Waals surface area contributed by atoms with Crippen molar-refractivity contribution in [3.05, 3.63) is 29.6 Å². The normalized spacial score (nSPS) is 21.2. The van der Waals surface area contributed by atoms with E-state index in [9.17, 15) is 14.0 Å². The predicted octanol–water partition coefficient (Wildman–Crippen LogP) is 2.81. The molecule has 1 aliphatic rings. The monoisotopic (exact) mass is 295 g/mol. The van der Waals surface area contributed by atoms with Crippen LogP contribution in [-0.4, -0.2) is 29.2 Å². The van der Waals surface area contributed by atoms with Crippen LogP contribution in [0.1, 0.15) is 43.0 Å². The van der Waals surface area contributed by atoms with Gasteiger partial charge in [0.2, 0.25) is 5.91 Å². The van der Waals surface area contributed by atoms with E-state index in [1.165, 1.54) is 0 Å². The van der Waals surface area contributed by atoms with E-state index in [1.54, 1.807) is 0 Å². The van der Waals surface area contributed by atoms with E-state index < -0.39 is 11.8 Å². The number of nitrogens with one attached hydrogen (secondary N) is 1. The van der Waals surface area contributed by atoms with Crippen molar-refractivity contribution < 1.29 is 23.8 Å². The molecule has 0 radical (unpaired) electrons. The number of carboxylic acids is 1. The fourth-order valence-electron chi connectivity index (χ4n) is 2.36. The molecule has 2 atom stereocenters. The highest BCUT2D eigenvalue weighted by molar-refractivity contribution is 5.94. The predicted molar refractivity (Wildman–Crippen MR) is 74.8 cm³/mol. The Bertz CT molecular complexity index is 546. The minimum Gasteiger partial charge on any atom is -0.478 e. The summed E-state index contributed by atoms with van der Waals surface area (Å²) >= 11 is 0. The molecule has 1 fully saturated rings. The molecule has 1 aliphatic heterocycles. The number of hydrogen-bond acceptors (Lipinski definition) is 3. The van der Waals surface area contributed by atoms with Gasteiger partial charge in [0.15, 0.2) is 0 Å². The van der Waals surface area contributed by atoms with Crippen LogP contribution in [0.2, 0.25) is 0 Å². The van der Waals surface area contributed by atoms with Crippen LogP contribution in [0.3, 0.4) is 0 Å². The maximum absolute atomic E-state index is 13.6. The van der Waals surface area contributed by atoms with Gasteiger partial charge in [-0.1, -0.05) is 0 Å². The van der Waals surface area contributed by atoms with Gasteiger partial charge in [0.25, 0.3) is 0 Å². The molecule has 1 aromatic carbocycles. The lowest BCUT2D eigenvalue weighted by molar-refractivity contribution is -0.116. The molecule has 0 aliphatic carbocycles. The molecule has 1 aromatic rings. The standard InChI is InChI=1S/C15H18FNO4/c1-9-2-4-11(21-9)5-7-14(18)17-13-8-10(15(19)20)3-6-12(13)16/h3,6,8-9,11H,2,4-5,7H2,1H3,(H,17,18)(H,19,20). The van der Waals surface area contributed by atoms with Gasteiger partial charge < -0.3 is 15.2 Å². The van der Waals surface area contributed by atoms with Gasteiger partial charge in [-0.15, -0.1) is 0 Å². The van der Waals surface area contributed by atoms with Crippen molar-refractivity contribution in [3.8, 4) is 0 Å². The molecule has 5 nitrogen and oxygen atoms in total. The zero-order valence-corrected chi connectivity index (χ0v) is 11.8. The second-order valence-electron chi connectivity index (χ2n) is 5.23. The van der Waals surface area contributed by atoms with Crippen molar-refractivity contribution in [2.45, 2.75) is 44.8 Å². The van der Waals surface area contributed by atoms with Crippen LogP contribution in [0.15, 0.2) is 18.2 Å². The molecule has 21 heavy (non-hydrogen) atoms. The fraction of sp³-hybridized carbons (Fsp3) is 0.467. The minimum atomic E-state index is -1.17. The second kappa shape index (κ2) is 6.67. The lowest BCUT2D eigenvalue weighted by Gasteiger charge is -2.11. The first kappa shape index (κ1) is 15.4. The van der Waals surface area contributed by atoms with Gasteiger partial charge in [0.05, 0.1) is 23.5 Å². The van der Waals surface area contributed by atoms with Gasteiger partial charge in [-0.05, 0) is 44.4 Å². The van der Waals surface area contributed by atoms with Crippen molar-refractivity contribution in [2.75, 3.05) is 5.32 Å². The first-order valence-corrected chi connectivity index (χ1v) is 6.94. The summed E-state index contributed by atoms with van der Waals surface area (Å²) < 4.78 is 19.2. The number of carbonyl (C=O) groups is 2. The molecule has 2 unspecified atom stereocenters. The van der Waals surface area contributed by atoms with Crippen molar-refractivity contribution in [1.82, 2.24) is 0 Å². The Morgan fingerprint density at radius 2 is 2.19 bits per heavy atom. The molecule has 114 valence electrons. The van der Waals surface area contributed by atoms with Crippen molar-refractivity contribution in [2.24, 2.45) is 0 Å². The summed E-state index contributed by atoms with van der Waals surface area (Å²) in [5, 5.41) is 11.3. The molecule has 0 spiro atoms. The van der Waals surface area contributed by atoms with E-state index in [1.807, 2.05) is 6.92 Å². The number of halogens is 1. The molecule has 1 heterocycles. The second-order valence-corrected chi connectivity index (χ2v) is 5.23. The molecule has 1 saturated heterocycles. The Hall–Kier alpha value is -1.95. The number of benzene rings is 1. The molecule has 1 amide bonds. The number of ether oxygens (including phenoxy) is 1. The third-order valence-electron chi connectivity index (χ3n) is 3.50.